The van der Waals surface area contributed by atoms with Crippen molar-refractivity contribution < 1.29 is 9.90 Å². The molecule has 0 aromatic carbocycles. The summed E-state index contributed by atoms with van der Waals surface area (Å²) in [6, 6.07) is 0. The first-order chi connectivity index (χ1) is 8.10. The topological polar surface area (TPSA) is 43.8 Å². The van der Waals surface area contributed by atoms with Crippen molar-refractivity contribution in [3.8, 4) is 0 Å². The summed E-state index contributed by atoms with van der Waals surface area (Å²) in [5, 5.41) is 8.71. The lowest BCUT2D eigenvalue weighted by Gasteiger charge is -2.38. The van der Waals surface area contributed by atoms with Gasteiger partial charge in [0.05, 0.1) is 6.54 Å². The van der Waals surface area contributed by atoms with E-state index in [-0.39, 0.29) is 6.54 Å². The second-order valence-electron chi connectivity index (χ2n) is 5.16. The minimum atomic E-state index is -0.700. The minimum Gasteiger partial charge on any atom is -0.480 e. The van der Waals surface area contributed by atoms with Crippen LogP contribution in [0.4, 0.5) is 0 Å². The summed E-state index contributed by atoms with van der Waals surface area (Å²) in [5.41, 5.74) is 0.504. The van der Waals surface area contributed by atoms with Gasteiger partial charge in [0.1, 0.15) is 0 Å². The number of carboxylic acid groups (broad SMARTS) is 1. The Labute approximate surface area is 105 Å². The maximum atomic E-state index is 10.6. The molecule has 4 nitrogen and oxygen atoms in total. The van der Waals surface area contributed by atoms with Crippen molar-refractivity contribution in [1.29, 1.82) is 0 Å². The van der Waals surface area contributed by atoms with E-state index in [2.05, 4.69) is 16.8 Å². The fraction of sp³-hybridized carbons (Fsp3) is 0.923. The molecule has 2 aliphatic rings. The van der Waals surface area contributed by atoms with Crippen LogP contribution in [-0.4, -0.2) is 60.6 Å². The highest BCUT2D eigenvalue weighted by atomic mass is 16.4. The van der Waals surface area contributed by atoms with Crippen LogP contribution < -0.4 is 0 Å². The van der Waals surface area contributed by atoms with Crippen molar-refractivity contribution in [1.82, 2.24) is 9.80 Å². The van der Waals surface area contributed by atoms with Crippen LogP contribution in [0.1, 0.15) is 33.1 Å². The van der Waals surface area contributed by atoms with Crippen molar-refractivity contribution in [2.45, 2.75) is 33.1 Å². The molecule has 17 heavy (non-hydrogen) atoms. The summed E-state index contributed by atoms with van der Waals surface area (Å²) in [6.45, 7) is 8.54. The molecule has 0 amide bonds. The molecule has 1 spiro atoms. The predicted molar refractivity (Wildman–Crippen MR) is 69.2 cm³/mol. The Hall–Kier alpha value is -0.610. The maximum absolute atomic E-state index is 10.6. The molecule has 100 valence electrons. The van der Waals surface area contributed by atoms with Gasteiger partial charge in [0.25, 0.3) is 0 Å². The van der Waals surface area contributed by atoms with E-state index in [0.29, 0.717) is 5.41 Å². The second-order valence-corrected chi connectivity index (χ2v) is 5.16. The van der Waals surface area contributed by atoms with Gasteiger partial charge in [0.15, 0.2) is 0 Å². The summed E-state index contributed by atoms with van der Waals surface area (Å²) in [5.74, 6) is -0.700. The molecule has 0 aromatic heterocycles. The SMILES string of the molecule is CC.CN1CCC2(CCN(CC(=O)O)CC2)C1. The molecular weight excluding hydrogens is 216 g/mol. The second kappa shape index (κ2) is 6.36. The number of piperidine rings is 1. The summed E-state index contributed by atoms with van der Waals surface area (Å²) in [6.07, 6.45) is 3.64. The first-order valence-electron chi connectivity index (χ1n) is 6.72. The molecule has 1 N–H and O–H groups in total. The molecule has 2 fully saturated rings. The van der Waals surface area contributed by atoms with Crippen LogP contribution in [0.15, 0.2) is 0 Å². The van der Waals surface area contributed by atoms with Crippen LogP contribution in [-0.2, 0) is 4.79 Å². The van der Waals surface area contributed by atoms with Gasteiger partial charge in [-0.15, -0.1) is 0 Å². The number of hydrogen-bond acceptors (Lipinski definition) is 3. The van der Waals surface area contributed by atoms with E-state index in [9.17, 15) is 4.79 Å². The number of carboxylic acids is 1. The standard InChI is InChI=1S/C11H20N2O2.C2H6/c1-12-5-2-11(9-12)3-6-13(7-4-11)8-10(14)15;1-2/h2-9H2,1H3,(H,14,15);1-2H3. The highest BCUT2D eigenvalue weighted by Crippen LogP contribution is 2.39. The Morgan fingerprint density at radius 3 is 2.12 bits per heavy atom. The Bertz CT molecular complexity index is 248. The zero-order chi connectivity index (χ0) is 12.9. The Morgan fingerprint density at radius 1 is 1.18 bits per heavy atom. The molecule has 2 saturated heterocycles. The third-order valence-corrected chi connectivity index (χ3v) is 3.90. The minimum absolute atomic E-state index is 0.214. The molecule has 0 radical (unpaired) electrons. The van der Waals surface area contributed by atoms with Gasteiger partial charge in [0, 0.05) is 6.54 Å². The Morgan fingerprint density at radius 2 is 1.71 bits per heavy atom. The third kappa shape index (κ3) is 3.96. The lowest BCUT2D eigenvalue weighted by atomic mass is 9.78. The molecule has 2 heterocycles. The number of likely N-dealkylation sites (tertiary alicyclic amines) is 2. The molecule has 2 aliphatic heterocycles. The molecular formula is C13H26N2O2. The Kier molecular flexibility index (Phi) is 5.40. The first-order valence-corrected chi connectivity index (χ1v) is 6.72. The highest BCUT2D eigenvalue weighted by Gasteiger charge is 2.39. The molecule has 0 atom stereocenters. The van der Waals surface area contributed by atoms with E-state index in [1.165, 1.54) is 32.4 Å². The Balaban J connectivity index is 0.000000686. The summed E-state index contributed by atoms with van der Waals surface area (Å²) in [7, 11) is 2.18. The number of carbonyl (C=O) groups is 1. The van der Waals surface area contributed by atoms with E-state index in [1.54, 1.807) is 0 Å². The van der Waals surface area contributed by atoms with Crippen LogP contribution in [0.25, 0.3) is 0 Å². The first kappa shape index (κ1) is 14.5. The summed E-state index contributed by atoms with van der Waals surface area (Å²) < 4.78 is 0. The van der Waals surface area contributed by atoms with Crippen molar-refractivity contribution in [2.24, 2.45) is 5.41 Å². The van der Waals surface area contributed by atoms with Crippen LogP contribution in [0.5, 0.6) is 0 Å². The zero-order valence-corrected chi connectivity index (χ0v) is 11.4. The third-order valence-electron chi connectivity index (χ3n) is 3.90. The van der Waals surface area contributed by atoms with Gasteiger partial charge in [0.2, 0.25) is 0 Å². The molecule has 2 rings (SSSR count). The largest absolute Gasteiger partial charge is 0.480 e. The molecule has 0 saturated carbocycles. The van der Waals surface area contributed by atoms with E-state index < -0.39 is 5.97 Å². The smallest absolute Gasteiger partial charge is 0.317 e. The van der Waals surface area contributed by atoms with Gasteiger partial charge in [-0.25, -0.2) is 0 Å². The van der Waals surface area contributed by atoms with E-state index in [1.807, 2.05) is 13.8 Å². The molecule has 0 aromatic rings. The lowest BCUT2D eigenvalue weighted by molar-refractivity contribution is -0.138. The maximum Gasteiger partial charge on any atom is 0.317 e. The van der Waals surface area contributed by atoms with Gasteiger partial charge in [-0.2, -0.15) is 0 Å². The molecule has 0 bridgehead atoms. The van der Waals surface area contributed by atoms with Crippen LogP contribution in [0.2, 0.25) is 0 Å². The number of aliphatic carboxylic acids is 1. The molecule has 4 heteroatoms. The quantitative estimate of drug-likeness (QED) is 0.797. The van der Waals surface area contributed by atoms with Crippen molar-refractivity contribution in [2.75, 3.05) is 39.8 Å². The van der Waals surface area contributed by atoms with Crippen molar-refractivity contribution >= 4 is 5.97 Å². The number of hydrogen-bond donors (Lipinski definition) is 1. The summed E-state index contributed by atoms with van der Waals surface area (Å²) in [4.78, 5) is 15.0. The van der Waals surface area contributed by atoms with Gasteiger partial charge in [-0.05, 0) is 51.4 Å². The van der Waals surface area contributed by atoms with Crippen LogP contribution in [0, 0.1) is 5.41 Å². The van der Waals surface area contributed by atoms with Gasteiger partial charge >= 0.3 is 5.97 Å². The van der Waals surface area contributed by atoms with Crippen LogP contribution in [0.3, 0.4) is 0 Å². The predicted octanol–water partition coefficient (Wildman–Crippen LogP) is 1.51. The normalized spacial score (nSPS) is 24.4. The molecule has 0 unspecified atom stereocenters. The number of rotatable bonds is 2. The fourth-order valence-corrected chi connectivity index (χ4v) is 2.94. The average molecular weight is 242 g/mol. The van der Waals surface area contributed by atoms with Crippen molar-refractivity contribution in [3.63, 3.8) is 0 Å². The average Bonchev–Trinajstić information content (AvgIpc) is 2.66. The van der Waals surface area contributed by atoms with Crippen LogP contribution >= 0.6 is 0 Å². The van der Waals surface area contributed by atoms with Crippen molar-refractivity contribution in [3.05, 3.63) is 0 Å². The van der Waals surface area contributed by atoms with E-state index in [0.717, 1.165) is 13.1 Å². The van der Waals surface area contributed by atoms with Gasteiger partial charge in [-0.1, -0.05) is 13.8 Å². The van der Waals surface area contributed by atoms with E-state index in [4.69, 9.17) is 5.11 Å². The zero-order valence-electron chi connectivity index (χ0n) is 11.4. The summed E-state index contributed by atoms with van der Waals surface area (Å²) >= 11 is 0. The highest BCUT2D eigenvalue weighted by molar-refractivity contribution is 5.69. The van der Waals surface area contributed by atoms with E-state index >= 15 is 0 Å². The fourth-order valence-electron chi connectivity index (χ4n) is 2.94. The number of nitrogens with zero attached hydrogens (tertiary/aromatic N) is 2. The lowest BCUT2D eigenvalue weighted by Crippen LogP contribution is -2.43. The molecule has 0 aliphatic carbocycles. The van der Waals surface area contributed by atoms with Gasteiger partial charge < -0.3 is 10.0 Å². The van der Waals surface area contributed by atoms with Gasteiger partial charge in [-0.3, -0.25) is 9.69 Å². The monoisotopic (exact) mass is 242 g/mol.